The van der Waals surface area contributed by atoms with Crippen LogP contribution < -0.4 is 16.4 Å². The van der Waals surface area contributed by atoms with Crippen LogP contribution in [0.5, 0.6) is 0 Å². The summed E-state index contributed by atoms with van der Waals surface area (Å²) in [6.07, 6.45) is 5.27. The molecule has 4 rings (SSSR count). The minimum absolute atomic E-state index is 0.0645. The summed E-state index contributed by atoms with van der Waals surface area (Å²) in [4.78, 5) is 45.4. The van der Waals surface area contributed by atoms with Gasteiger partial charge in [0.05, 0.1) is 5.69 Å². The first-order valence-corrected chi connectivity index (χ1v) is 11.5. The molecule has 0 unspecified atom stereocenters. The van der Waals surface area contributed by atoms with Gasteiger partial charge in [0.1, 0.15) is 0 Å². The van der Waals surface area contributed by atoms with E-state index in [1.54, 1.807) is 6.20 Å². The van der Waals surface area contributed by atoms with Crippen molar-refractivity contribution in [1.82, 2.24) is 15.3 Å². The summed E-state index contributed by atoms with van der Waals surface area (Å²) in [6, 6.07) is 5.74. The zero-order valence-corrected chi connectivity index (χ0v) is 19.4. The molecule has 2 aromatic rings. The summed E-state index contributed by atoms with van der Waals surface area (Å²) < 4.78 is 0. The number of carbonyl (C=O) groups excluding carboxylic acids is 3. The van der Waals surface area contributed by atoms with E-state index in [1.165, 1.54) is 0 Å². The van der Waals surface area contributed by atoms with E-state index in [1.807, 2.05) is 25.1 Å². The van der Waals surface area contributed by atoms with Gasteiger partial charge in [0.2, 0.25) is 17.8 Å². The van der Waals surface area contributed by atoms with Crippen molar-refractivity contribution in [1.29, 1.82) is 0 Å². The molecule has 2 atom stereocenters. The first-order valence-electron chi connectivity index (χ1n) is 11.5. The van der Waals surface area contributed by atoms with E-state index in [0.717, 1.165) is 41.6 Å². The highest BCUT2D eigenvalue weighted by Crippen LogP contribution is 2.34. The highest BCUT2D eigenvalue weighted by Gasteiger charge is 2.32. The van der Waals surface area contributed by atoms with Gasteiger partial charge >= 0.3 is 0 Å². The minimum Gasteiger partial charge on any atom is -0.370 e. The van der Waals surface area contributed by atoms with E-state index in [-0.39, 0.29) is 40.9 Å². The third-order valence-corrected chi connectivity index (χ3v) is 6.81. The second-order valence-electron chi connectivity index (χ2n) is 9.94. The van der Waals surface area contributed by atoms with E-state index in [4.69, 9.17) is 5.73 Å². The zero-order chi connectivity index (χ0) is 23.8. The normalized spacial score (nSPS) is 21.6. The fraction of sp³-hybridized carbons (Fsp3) is 0.480. The minimum atomic E-state index is -0.321. The predicted octanol–water partition coefficient (Wildman–Crippen LogP) is 3.09. The first-order chi connectivity index (χ1) is 15.6. The van der Waals surface area contributed by atoms with Crippen LogP contribution in [0.15, 0.2) is 24.4 Å². The fourth-order valence-corrected chi connectivity index (χ4v) is 4.95. The highest BCUT2D eigenvalue weighted by atomic mass is 16.2. The van der Waals surface area contributed by atoms with Gasteiger partial charge in [0.15, 0.2) is 0 Å². The highest BCUT2D eigenvalue weighted by molar-refractivity contribution is 5.98. The number of rotatable bonds is 5. The fourth-order valence-electron chi connectivity index (χ4n) is 4.95. The van der Waals surface area contributed by atoms with Gasteiger partial charge < -0.3 is 11.1 Å². The van der Waals surface area contributed by atoms with Gasteiger partial charge in [-0.3, -0.25) is 19.7 Å². The summed E-state index contributed by atoms with van der Waals surface area (Å²) in [5.41, 5.74) is 9.29. The van der Waals surface area contributed by atoms with Gasteiger partial charge in [-0.2, -0.15) is 0 Å². The number of fused-ring (bicyclic) bond motifs is 1. The van der Waals surface area contributed by atoms with Crippen LogP contribution in [-0.2, 0) is 15.0 Å². The molecule has 0 radical (unpaired) electrons. The topological polar surface area (TPSA) is 127 Å². The number of hydrogen-bond acceptors (Lipinski definition) is 5. The Morgan fingerprint density at radius 1 is 1.27 bits per heavy atom. The van der Waals surface area contributed by atoms with Crippen LogP contribution in [0.3, 0.4) is 0 Å². The van der Waals surface area contributed by atoms with Crippen molar-refractivity contribution in [3.05, 3.63) is 41.1 Å². The quantitative estimate of drug-likeness (QED) is 0.646. The maximum Gasteiger partial charge on any atom is 0.251 e. The van der Waals surface area contributed by atoms with Crippen molar-refractivity contribution in [3.8, 4) is 11.3 Å². The molecule has 1 aromatic heterocycles. The monoisotopic (exact) mass is 449 g/mol. The number of hydrogen-bond donors (Lipinski definition) is 3. The van der Waals surface area contributed by atoms with Gasteiger partial charge in [0.25, 0.3) is 5.91 Å². The predicted molar refractivity (Wildman–Crippen MR) is 125 cm³/mol. The van der Waals surface area contributed by atoms with Gasteiger partial charge in [-0.25, -0.2) is 9.97 Å². The molecule has 0 spiro atoms. The largest absolute Gasteiger partial charge is 0.370 e. The third-order valence-electron chi connectivity index (χ3n) is 6.81. The lowest BCUT2D eigenvalue weighted by molar-refractivity contribution is -0.123. The average Bonchev–Trinajstić information content (AvgIpc) is 2.77. The van der Waals surface area contributed by atoms with Gasteiger partial charge in [-0.15, -0.1) is 0 Å². The molecule has 8 heteroatoms. The van der Waals surface area contributed by atoms with E-state index < -0.39 is 0 Å². The van der Waals surface area contributed by atoms with Crippen molar-refractivity contribution < 1.29 is 14.4 Å². The molecule has 3 amide bonds. The Hall–Kier alpha value is -3.29. The lowest BCUT2D eigenvalue weighted by Gasteiger charge is -2.32. The molecular formula is C25H31N5O3. The molecule has 1 aliphatic carbocycles. The van der Waals surface area contributed by atoms with Crippen LogP contribution in [0.4, 0.5) is 5.95 Å². The van der Waals surface area contributed by atoms with Crippen LogP contribution in [0.25, 0.3) is 11.3 Å². The van der Waals surface area contributed by atoms with Gasteiger partial charge in [-0.1, -0.05) is 26.3 Å². The molecule has 0 saturated heterocycles. The molecule has 4 N–H and O–H groups in total. The number of carbonyl (C=O) groups is 3. The summed E-state index contributed by atoms with van der Waals surface area (Å²) in [6.45, 7) is 6.70. The number of amides is 3. The SMILES string of the molecule is Cc1cnc(NC(=O)[C@H]2CCC[C@@H](CC(N)=O)C2)nc1-c1ccc2c(c1)C(C)(C)CNC2=O. The molecule has 2 heterocycles. The van der Waals surface area contributed by atoms with Crippen molar-refractivity contribution >= 4 is 23.7 Å². The Labute approximate surface area is 193 Å². The smallest absolute Gasteiger partial charge is 0.251 e. The summed E-state index contributed by atoms with van der Waals surface area (Å²) >= 11 is 0. The van der Waals surface area contributed by atoms with E-state index >= 15 is 0 Å². The first kappa shape index (κ1) is 22.9. The summed E-state index contributed by atoms with van der Waals surface area (Å²) in [5.74, 6) is -0.282. The summed E-state index contributed by atoms with van der Waals surface area (Å²) in [5, 5.41) is 5.80. The number of nitrogens with zero attached hydrogens (tertiary/aromatic N) is 2. The second-order valence-corrected chi connectivity index (χ2v) is 9.94. The Morgan fingerprint density at radius 2 is 2.06 bits per heavy atom. The van der Waals surface area contributed by atoms with Crippen LogP contribution >= 0.6 is 0 Å². The van der Waals surface area contributed by atoms with Crippen molar-refractivity contribution in [2.75, 3.05) is 11.9 Å². The zero-order valence-electron chi connectivity index (χ0n) is 19.4. The van der Waals surface area contributed by atoms with Crippen molar-refractivity contribution in [2.45, 2.75) is 58.3 Å². The van der Waals surface area contributed by atoms with Crippen LogP contribution in [0.1, 0.15) is 67.4 Å². The second kappa shape index (κ2) is 8.92. The van der Waals surface area contributed by atoms with E-state index in [2.05, 4.69) is 34.4 Å². The van der Waals surface area contributed by atoms with E-state index in [0.29, 0.717) is 24.9 Å². The van der Waals surface area contributed by atoms with Gasteiger partial charge in [-0.05, 0) is 55.4 Å². The number of anilines is 1. The molecule has 1 aromatic carbocycles. The third kappa shape index (κ3) is 4.89. The Kier molecular flexibility index (Phi) is 6.19. The molecule has 33 heavy (non-hydrogen) atoms. The molecule has 1 saturated carbocycles. The number of nitrogens with one attached hydrogen (secondary N) is 2. The van der Waals surface area contributed by atoms with Crippen molar-refractivity contribution in [3.63, 3.8) is 0 Å². The number of primary amides is 1. The Morgan fingerprint density at radius 3 is 2.82 bits per heavy atom. The maximum atomic E-state index is 12.9. The Balaban J connectivity index is 1.56. The van der Waals surface area contributed by atoms with E-state index in [9.17, 15) is 14.4 Å². The molecule has 1 fully saturated rings. The molecule has 8 nitrogen and oxygen atoms in total. The molecule has 2 aliphatic rings. The lowest BCUT2D eigenvalue weighted by atomic mass is 9.78. The van der Waals surface area contributed by atoms with Crippen LogP contribution in [0.2, 0.25) is 0 Å². The number of aromatic nitrogens is 2. The number of benzene rings is 1. The number of aryl methyl sites for hydroxylation is 1. The maximum absolute atomic E-state index is 12.9. The van der Waals surface area contributed by atoms with Crippen molar-refractivity contribution in [2.24, 2.45) is 17.6 Å². The molecular weight excluding hydrogens is 418 g/mol. The number of nitrogens with two attached hydrogens (primary N) is 1. The standard InChI is InChI=1S/C25H31N5O3/c1-14-12-27-24(30-22(32)17-6-4-5-15(9-17)10-20(26)31)29-21(14)16-7-8-18-19(11-16)25(2,3)13-28-23(18)33/h7-8,11-12,15,17H,4-6,9-10,13H2,1-3H3,(H2,26,31)(H,28,33)(H,27,29,30,32)/t15-,17+/m1/s1. The Bertz CT molecular complexity index is 1110. The molecule has 174 valence electrons. The average molecular weight is 450 g/mol. The van der Waals surface area contributed by atoms with Crippen LogP contribution in [0, 0.1) is 18.8 Å². The van der Waals surface area contributed by atoms with Gasteiger partial charge in [0, 0.05) is 41.6 Å². The molecule has 1 aliphatic heterocycles. The van der Waals surface area contributed by atoms with Crippen LogP contribution in [-0.4, -0.2) is 34.2 Å². The molecule has 0 bridgehead atoms. The lowest BCUT2D eigenvalue weighted by Crippen LogP contribution is -2.43. The summed E-state index contributed by atoms with van der Waals surface area (Å²) in [7, 11) is 0.